The van der Waals surface area contributed by atoms with E-state index in [4.69, 9.17) is 0 Å². The molecule has 0 aromatic carbocycles. The summed E-state index contributed by atoms with van der Waals surface area (Å²) < 4.78 is 0. The summed E-state index contributed by atoms with van der Waals surface area (Å²) in [6.07, 6.45) is 14.0. The Morgan fingerprint density at radius 1 is 0.714 bits per heavy atom. The van der Waals surface area contributed by atoms with E-state index in [-0.39, 0.29) is 0 Å². The summed E-state index contributed by atoms with van der Waals surface area (Å²) in [7, 11) is 0. The highest BCUT2D eigenvalue weighted by molar-refractivity contribution is 5.06. The molecule has 0 heteroatoms. The monoisotopic (exact) mass is 190 g/mol. The Bertz CT molecular complexity index is 212. The van der Waals surface area contributed by atoms with Crippen LogP contribution in [0.3, 0.4) is 0 Å². The molecule has 0 bridgehead atoms. The second-order valence-corrected chi connectivity index (χ2v) is 4.93. The van der Waals surface area contributed by atoms with Crippen LogP contribution in [0.1, 0.15) is 64.2 Å². The van der Waals surface area contributed by atoms with Crippen LogP contribution >= 0.6 is 0 Å². The van der Waals surface area contributed by atoms with Crippen molar-refractivity contribution in [2.45, 2.75) is 64.2 Å². The first-order valence-electron chi connectivity index (χ1n) is 6.45. The Kier molecular flexibility index (Phi) is 3.92. The molecule has 1 unspecified atom stereocenters. The first kappa shape index (κ1) is 10.1. The lowest BCUT2D eigenvalue weighted by Crippen LogP contribution is -2.17. The molecule has 0 heterocycles. The van der Waals surface area contributed by atoms with E-state index in [0.717, 1.165) is 18.3 Å². The van der Waals surface area contributed by atoms with Gasteiger partial charge in [-0.2, -0.15) is 0 Å². The predicted molar refractivity (Wildman–Crippen MR) is 60.9 cm³/mol. The average molecular weight is 190 g/mol. The second kappa shape index (κ2) is 5.44. The van der Waals surface area contributed by atoms with Crippen molar-refractivity contribution in [3.05, 3.63) is 0 Å². The van der Waals surface area contributed by atoms with Gasteiger partial charge in [0.15, 0.2) is 0 Å². The van der Waals surface area contributed by atoms with Crippen LogP contribution in [0.15, 0.2) is 0 Å². The SMILES string of the molecule is C1#CC(C2CCCCC2)CCCCC1. The smallest absolute Gasteiger partial charge is 0.0231 e. The highest BCUT2D eigenvalue weighted by Crippen LogP contribution is 2.33. The first-order chi connectivity index (χ1) is 6.97. The Balaban J connectivity index is 1.92. The van der Waals surface area contributed by atoms with Gasteiger partial charge in [0.25, 0.3) is 0 Å². The van der Waals surface area contributed by atoms with Crippen LogP contribution in [0.4, 0.5) is 0 Å². The van der Waals surface area contributed by atoms with Gasteiger partial charge in [0.05, 0.1) is 0 Å². The van der Waals surface area contributed by atoms with Crippen molar-refractivity contribution in [3.63, 3.8) is 0 Å². The van der Waals surface area contributed by atoms with Crippen molar-refractivity contribution in [3.8, 4) is 11.8 Å². The molecule has 1 saturated carbocycles. The number of hydrogen-bond acceptors (Lipinski definition) is 0. The molecule has 1 fully saturated rings. The van der Waals surface area contributed by atoms with Gasteiger partial charge in [0, 0.05) is 12.3 Å². The molecule has 0 spiro atoms. The molecule has 78 valence electrons. The summed E-state index contributed by atoms with van der Waals surface area (Å²) >= 11 is 0. The minimum Gasteiger partial charge on any atom is -0.103 e. The van der Waals surface area contributed by atoms with E-state index in [2.05, 4.69) is 11.8 Å². The predicted octanol–water partition coefficient (Wildman–Crippen LogP) is 4.15. The fraction of sp³-hybridized carbons (Fsp3) is 0.857. The molecule has 1 atom stereocenters. The first-order valence-corrected chi connectivity index (χ1v) is 6.45. The lowest BCUT2D eigenvalue weighted by atomic mass is 9.77. The molecule has 0 radical (unpaired) electrons. The van der Waals surface area contributed by atoms with Gasteiger partial charge >= 0.3 is 0 Å². The van der Waals surface area contributed by atoms with Crippen LogP contribution in [0.5, 0.6) is 0 Å². The van der Waals surface area contributed by atoms with Gasteiger partial charge in [0.1, 0.15) is 0 Å². The minimum atomic E-state index is 0.760. The molecule has 0 aromatic heterocycles. The molecule has 2 rings (SSSR count). The largest absolute Gasteiger partial charge is 0.103 e. The van der Waals surface area contributed by atoms with Crippen molar-refractivity contribution in [2.75, 3.05) is 0 Å². The highest BCUT2D eigenvalue weighted by atomic mass is 14.3. The lowest BCUT2D eigenvalue weighted by Gasteiger charge is -2.27. The molecule has 0 aliphatic heterocycles. The van der Waals surface area contributed by atoms with Crippen molar-refractivity contribution in [1.29, 1.82) is 0 Å². The average Bonchev–Trinajstić information content (AvgIpc) is 2.18. The minimum absolute atomic E-state index is 0.760. The van der Waals surface area contributed by atoms with Gasteiger partial charge in [-0.1, -0.05) is 38.0 Å². The summed E-state index contributed by atoms with van der Waals surface area (Å²) in [5.41, 5.74) is 0. The van der Waals surface area contributed by atoms with Gasteiger partial charge in [-0.05, 0) is 31.6 Å². The van der Waals surface area contributed by atoms with E-state index < -0.39 is 0 Å². The normalized spacial score (nSPS) is 29.9. The summed E-state index contributed by atoms with van der Waals surface area (Å²) in [4.78, 5) is 0. The van der Waals surface area contributed by atoms with E-state index in [0.29, 0.717) is 0 Å². The quantitative estimate of drug-likeness (QED) is 0.545. The van der Waals surface area contributed by atoms with Gasteiger partial charge in [0.2, 0.25) is 0 Å². The van der Waals surface area contributed by atoms with Crippen molar-refractivity contribution in [1.82, 2.24) is 0 Å². The van der Waals surface area contributed by atoms with Crippen LogP contribution in [-0.2, 0) is 0 Å². The van der Waals surface area contributed by atoms with Crippen LogP contribution in [0.2, 0.25) is 0 Å². The second-order valence-electron chi connectivity index (χ2n) is 4.93. The Labute approximate surface area is 88.5 Å². The molecule has 0 N–H and O–H groups in total. The van der Waals surface area contributed by atoms with Crippen molar-refractivity contribution in [2.24, 2.45) is 11.8 Å². The summed E-state index contributed by atoms with van der Waals surface area (Å²) in [5.74, 6) is 8.64. The van der Waals surface area contributed by atoms with Crippen LogP contribution < -0.4 is 0 Å². The molecular formula is C14H22. The zero-order valence-corrected chi connectivity index (χ0v) is 9.23. The molecule has 2 aliphatic rings. The Morgan fingerprint density at radius 3 is 2.29 bits per heavy atom. The van der Waals surface area contributed by atoms with Crippen LogP contribution in [-0.4, -0.2) is 0 Å². The van der Waals surface area contributed by atoms with Crippen LogP contribution in [0, 0.1) is 23.7 Å². The van der Waals surface area contributed by atoms with Crippen LogP contribution in [0.25, 0.3) is 0 Å². The van der Waals surface area contributed by atoms with Gasteiger partial charge in [-0.3, -0.25) is 0 Å². The molecule has 2 aliphatic carbocycles. The zero-order chi connectivity index (χ0) is 9.64. The molecule has 0 saturated heterocycles. The number of hydrogen-bond donors (Lipinski definition) is 0. The van der Waals surface area contributed by atoms with Crippen molar-refractivity contribution < 1.29 is 0 Å². The van der Waals surface area contributed by atoms with Gasteiger partial charge in [-0.25, -0.2) is 0 Å². The third kappa shape index (κ3) is 2.77. The fourth-order valence-corrected chi connectivity index (χ4v) is 2.92. The van der Waals surface area contributed by atoms with E-state index in [9.17, 15) is 0 Å². The standard InChI is InChI=1S/C14H22/c1-2-5-9-13(10-6-3-1)14-11-7-4-8-12-14/h13-14H,1-5,7-9,11-12H2. The zero-order valence-electron chi connectivity index (χ0n) is 9.23. The maximum Gasteiger partial charge on any atom is 0.0231 e. The topological polar surface area (TPSA) is 0 Å². The van der Waals surface area contributed by atoms with Crippen molar-refractivity contribution >= 4 is 0 Å². The summed E-state index contributed by atoms with van der Waals surface area (Å²) in [6, 6.07) is 0. The number of rotatable bonds is 1. The molecular weight excluding hydrogens is 168 g/mol. The third-order valence-corrected chi connectivity index (χ3v) is 3.82. The molecule has 0 nitrogen and oxygen atoms in total. The van der Waals surface area contributed by atoms with E-state index in [1.54, 1.807) is 0 Å². The highest BCUT2D eigenvalue weighted by Gasteiger charge is 2.21. The van der Waals surface area contributed by atoms with E-state index in [1.807, 2.05) is 0 Å². The van der Waals surface area contributed by atoms with Gasteiger partial charge in [-0.15, -0.1) is 5.92 Å². The fourth-order valence-electron chi connectivity index (χ4n) is 2.92. The summed E-state index contributed by atoms with van der Waals surface area (Å²) in [5, 5.41) is 0. The van der Waals surface area contributed by atoms with Gasteiger partial charge < -0.3 is 0 Å². The maximum absolute atomic E-state index is 3.54. The molecule has 14 heavy (non-hydrogen) atoms. The molecule has 0 amide bonds. The lowest BCUT2D eigenvalue weighted by molar-refractivity contribution is 0.276. The Hall–Kier alpha value is -0.440. The van der Waals surface area contributed by atoms with E-state index >= 15 is 0 Å². The molecule has 0 aromatic rings. The third-order valence-electron chi connectivity index (χ3n) is 3.82. The van der Waals surface area contributed by atoms with E-state index in [1.165, 1.54) is 57.8 Å². The summed E-state index contributed by atoms with van der Waals surface area (Å²) in [6.45, 7) is 0. The maximum atomic E-state index is 3.54. The Morgan fingerprint density at radius 2 is 1.43 bits per heavy atom.